The highest BCUT2D eigenvalue weighted by Crippen LogP contribution is 2.39. The minimum Gasteiger partial charge on any atom is -0.487 e. The molecule has 1 heterocycles. The number of amides is 2. The van der Waals surface area contributed by atoms with Crippen molar-refractivity contribution in [3.8, 4) is 5.75 Å². The van der Waals surface area contributed by atoms with Gasteiger partial charge in [-0.2, -0.15) is 0 Å². The van der Waals surface area contributed by atoms with Gasteiger partial charge in [-0.15, -0.1) is 0 Å². The van der Waals surface area contributed by atoms with Crippen molar-refractivity contribution < 1.29 is 19.4 Å². The molecule has 1 aliphatic heterocycles. The molecule has 2 N–H and O–H groups in total. The zero-order valence-corrected chi connectivity index (χ0v) is 14.0. The van der Waals surface area contributed by atoms with Gasteiger partial charge < -0.3 is 20.1 Å². The summed E-state index contributed by atoms with van der Waals surface area (Å²) in [4.78, 5) is 24.7. The molecule has 6 heteroatoms. The largest absolute Gasteiger partial charge is 0.487 e. The minimum absolute atomic E-state index is 0.162. The number of fused-ring (bicyclic) bond motifs is 1. The van der Waals surface area contributed by atoms with Crippen LogP contribution < -0.4 is 10.1 Å². The molecule has 0 saturated carbocycles. The predicted molar refractivity (Wildman–Crippen MR) is 86.5 cm³/mol. The molecule has 23 heavy (non-hydrogen) atoms. The summed E-state index contributed by atoms with van der Waals surface area (Å²) in [6.07, 6.45) is 0.651. The van der Waals surface area contributed by atoms with Crippen LogP contribution in [0.1, 0.15) is 38.8 Å². The average Bonchev–Trinajstić information content (AvgIpc) is 2.45. The molecule has 1 aromatic carbocycles. The molecule has 2 unspecified atom stereocenters. The summed E-state index contributed by atoms with van der Waals surface area (Å²) >= 11 is 0. The molecule has 126 valence electrons. The van der Waals surface area contributed by atoms with Crippen molar-refractivity contribution in [2.75, 3.05) is 13.6 Å². The van der Waals surface area contributed by atoms with E-state index in [1.807, 2.05) is 38.1 Å². The lowest BCUT2D eigenvalue weighted by Crippen LogP contribution is -2.46. The molecule has 2 amide bonds. The number of nitrogens with one attached hydrogen (secondary N) is 1. The molecule has 2 rings (SSSR count). The average molecular weight is 320 g/mol. The Bertz CT molecular complexity index is 600. The number of carboxylic acid groups (broad SMARTS) is 1. The molecule has 0 saturated heterocycles. The second-order valence-electron chi connectivity index (χ2n) is 6.73. The number of para-hydroxylation sites is 1. The molecule has 0 fully saturated rings. The first-order chi connectivity index (χ1) is 10.7. The molecular weight excluding hydrogens is 296 g/mol. The summed E-state index contributed by atoms with van der Waals surface area (Å²) in [6.45, 7) is 5.71. The van der Waals surface area contributed by atoms with E-state index in [1.165, 1.54) is 4.90 Å². The Morgan fingerprint density at radius 3 is 2.74 bits per heavy atom. The fraction of sp³-hybridized carbons (Fsp3) is 0.529. The quantitative estimate of drug-likeness (QED) is 0.894. The Kier molecular flexibility index (Phi) is 4.82. The Hall–Kier alpha value is -2.24. The van der Waals surface area contributed by atoms with Gasteiger partial charge in [-0.1, -0.05) is 25.1 Å². The van der Waals surface area contributed by atoms with Crippen LogP contribution in [0.5, 0.6) is 5.75 Å². The summed E-state index contributed by atoms with van der Waals surface area (Å²) in [5.74, 6) is -0.748. The SMILES string of the molecule is CC(CN(C)C(=O)NC1CC(C)(C)Oc2ccccc21)C(=O)O. The molecule has 0 radical (unpaired) electrons. The fourth-order valence-electron chi connectivity index (χ4n) is 2.76. The number of hydrogen-bond acceptors (Lipinski definition) is 3. The van der Waals surface area contributed by atoms with Crippen molar-refractivity contribution in [2.45, 2.75) is 38.8 Å². The van der Waals surface area contributed by atoms with Gasteiger partial charge in [-0.05, 0) is 19.9 Å². The van der Waals surface area contributed by atoms with Crippen molar-refractivity contribution in [1.82, 2.24) is 10.2 Å². The third-order valence-electron chi connectivity index (χ3n) is 3.99. The second-order valence-corrected chi connectivity index (χ2v) is 6.73. The van der Waals surface area contributed by atoms with Crippen LogP contribution in [-0.4, -0.2) is 41.2 Å². The highest BCUT2D eigenvalue weighted by molar-refractivity contribution is 5.76. The van der Waals surface area contributed by atoms with Gasteiger partial charge in [0.1, 0.15) is 11.4 Å². The summed E-state index contributed by atoms with van der Waals surface area (Å²) in [5.41, 5.74) is 0.569. The lowest BCUT2D eigenvalue weighted by Gasteiger charge is -2.38. The molecular formula is C17H24N2O4. The van der Waals surface area contributed by atoms with Crippen LogP contribution in [0, 0.1) is 5.92 Å². The number of urea groups is 1. The lowest BCUT2D eigenvalue weighted by atomic mass is 9.90. The third kappa shape index (κ3) is 4.15. The number of hydrogen-bond donors (Lipinski definition) is 2. The zero-order chi connectivity index (χ0) is 17.2. The van der Waals surface area contributed by atoms with Crippen LogP contribution in [0.15, 0.2) is 24.3 Å². The fourth-order valence-corrected chi connectivity index (χ4v) is 2.76. The van der Waals surface area contributed by atoms with E-state index in [-0.39, 0.29) is 24.2 Å². The Labute approximate surface area is 136 Å². The van der Waals surface area contributed by atoms with Crippen LogP contribution >= 0.6 is 0 Å². The van der Waals surface area contributed by atoms with E-state index in [2.05, 4.69) is 5.32 Å². The number of nitrogens with zero attached hydrogens (tertiary/aromatic N) is 1. The number of carbonyl (C=O) groups excluding carboxylic acids is 1. The summed E-state index contributed by atoms with van der Waals surface area (Å²) in [5, 5.41) is 11.9. The van der Waals surface area contributed by atoms with Crippen molar-refractivity contribution in [3.05, 3.63) is 29.8 Å². The maximum Gasteiger partial charge on any atom is 0.317 e. The number of carboxylic acids is 1. The van der Waals surface area contributed by atoms with E-state index in [0.717, 1.165) is 11.3 Å². The molecule has 0 aliphatic carbocycles. The first-order valence-electron chi connectivity index (χ1n) is 7.72. The molecule has 0 bridgehead atoms. The van der Waals surface area contributed by atoms with E-state index < -0.39 is 11.9 Å². The van der Waals surface area contributed by atoms with Crippen molar-refractivity contribution in [3.63, 3.8) is 0 Å². The van der Waals surface area contributed by atoms with Gasteiger partial charge >= 0.3 is 12.0 Å². The van der Waals surface area contributed by atoms with Gasteiger partial charge in [0.05, 0.1) is 12.0 Å². The molecule has 1 aliphatic rings. The van der Waals surface area contributed by atoms with Gasteiger partial charge in [0.2, 0.25) is 0 Å². The summed E-state index contributed by atoms with van der Waals surface area (Å²) < 4.78 is 5.94. The van der Waals surface area contributed by atoms with E-state index >= 15 is 0 Å². The van der Waals surface area contributed by atoms with Crippen LogP contribution in [-0.2, 0) is 4.79 Å². The van der Waals surface area contributed by atoms with E-state index in [1.54, 1.807) is 14.0 Å². The van der Waals surface area contributed by atoms with Crippen LogP contribution in [0.2, 0.25) is 0 Å². The van der Waals surface area contributed by atoms with Crippen molar-refractivity contribution in [1.29, 1.82) is 0 Å². The van der Waals surface area contributed by atoms with E-state index in [9.17, 15) is 9.59 Å². The topological polar surface area (TPSA) is 78.9 Å². The maximum absolute atomic E-state index is 12.4. The number of benzene rings is 1. The van der Waals surface area contributed by atoms with Gasteiger partial charge in [0.15, 0.2) is 0 Å². The molecule has 0 spiro atoms. The highest BCUT2D eigenvalue weighted by atomic mass is 16.5. The smallest absolute Gasteiger partial charge is 0.317 e. The number of ether oxygens (including phenoxy) is 1. The molecule has 1 aromatic rings. The van der Waals surface area contributed by atoms with E-state index in [4.69, 9.17) is 9.84 Å². The number of carbonyl (C=O) groups is 2. The van der Waals surface area contributed by atoms with Crippen LogP contribution in [0.3, 0.4) is 0 Å². The standard InChI is InChI=1S/C17H24N2O4/c1-11(15(20)21)10-19(4)16(22)18-13-9-17(2,3)23-14-8-6-5-7-12(13)14/h5-8,11,13H,9-10H2,1-4H3,(H,18,22)(H,20,21). The van der Waals surface area contributed by atoms with Crippen molar-refractivity contribution >= 4 is 12.0 Å². The number of rotatable bonds is 4. The second kappa shape index (κ2) is 6.48. The first-order valence-corrected chi connectivity index (χ1v) is 7.72. The minimum atomic E-state index is -0.915. The van der Waals surface area contributed by atoms with Crippen LogP contribution in [0.4, 0.5) is 4.79 Å². The maximum atomic E-state index is 12.4. The predicted octanol–water partition coefficient (Wildman–Crippen LogP) is 2.65. The Balaban J connectivity index is 2.10. The molecule has 2 atom stereocenters. The first kappa shape index (κ1) is 17.1. The normalized spacial score (nSPS) is 19.9. The summed E-state index contributed by atoms with van der Waals surface area (Å²) in [7, 11) is 1.60. The van der Waals surface area contributed by atoms with Gasteiger partial charge in [-0.3, -0.25) is 4.79 Å². The molecule has 6 nitrogen and oxygen atoms in total. The Morgan fingerprint density at radius 2 is 2.09 bits per heavy atom. The summed E-state index contributed by atoms with van der Waals surface area (Å²) in [6, 6.07) is 7.21. The van der Waals surface area contributed by atoms with Crippen LogP contribution in [0.25, 0.3) is 0 Å². The lowest BCUT2D eigenvalue weighted by molar-refractivity contribution is -0.141. The van der Waals surface area contributed by atoms with Crippen molar-refractivity contribution in [2.24, 2.45) is 5.92 Å². The highest BCUT2D eigenvalue weighted by Gasteiger charge is 2.34. The molecule has 0 aromatic heterocycles. The van der Waals surface area contributed by atoms with Gasteiger partial charge in [0, 0.05) is 25.6 Å². The van der Waals surface area contributed by atoms with Gasteiger partial charge in [0.25, 0.3) is 0 Å². The zero-order valence-electron chi connectivity index (χ0n) is 14.0. The monoisotopic (exact) mass is 320 g/mol. The number of aliphatic carboxylic acids is 1. The van der Waals surface area contributed by atoms with Gasteiger partial charge in [-0.25, -0.2) is 4.79 Å². The van der Waals surface area contributed by atoms with E-state index in [0.29, 0.717) is 6.42 Å². The third-order valence-corrected chi connectivity index (χ3v) is 3.99. The Morgan fingerprint density at radius 1 is 1.43 bits per heavy atom.